The maximum Gasteiger partial charge on any atom is 0.243 e. The van der Waals surface area contributed by atoms with Crippen molar-refractivity contribution in [1.82, 2.24) is 29.7 Å². The van der Waals surface area contributed by atoms with E-state index in [1.807, 2.05) is 19.2 Å². The van der Waals surface area contributed by atoms with Crippen molar-refractivity contribution in [3.05, 3.63) is 66.0 Å². The van der Waals surface area contributed by atoms with Crippen molar-refractivity contribution in [3.63, 3.8) is 0 Å². The highest BCUT2D eigenvalue weighted by atomic mass is 32.2. The fraction of sp³-hybridized carbons (Fsp3) is 0.370. The highest BCUT2D eigenvalue weighted by Crippen LogP contribution is 2.42. The number of methoxy groups -OCH3 is 2. The van der Waals surface area contributed by atoms with Gasteiger partial charge in [-0.15, -0.1) is 10.2 Å². The molecule has 1 saturated carbocycles. The van der Waals surface area contributed by atoms with Gasteiger partial charge in [0.15, 0.2) is 5.82 Å². The number of rotatable bonds is 10. The first-order chi connectivity index (χ1) is 18.7. The molecular formula is C27H31N7O4S. The second kappa shape index (κ2) is 10.6. The zero-order valence-corrected chi connectivity index (χ0v) is 23.3. The molecule has 0 aliphatic heterocycles. The van der Waals surface area contributed by atoms with Gasteiger partial charge in [-0.05, 0) is 61.9 Å². The van der Waals surface area contributed by atoms with Crippen molar-refractivity contribution in [2.45, 2.75) is 50.7 Å². The van der Waals surface area contributed by atoms with Gasteiger partial charge < -0.3 is 9.47 Å². The summed E-state index contributed by atoms with van der Waals surface area (Å²) in [4.78, 5) is 13.1. The van der Waals surface area contributed by atoms with Gasteiger partial charge in [-0.2, -0.15) is 0 Å². The molecule has 1 N–H and O–H groups in total. The third-order valence-electron chi connectivity index (χ3n) is 6.99. The SMILES string of the molecule is COc1cccc(OC)c1-n1c(NS(=O)(=O)C(C)C(C)c2ncc(C)cn2)nnc1-c1cncc(C2CC2)c1. The first kappa shape index (κ1) is 26.5. The van der Waals surface area contributed by atoms with Gasteiger partial charge in [0.25, 0.3) is 0 Å². The fourth-order valence-electron chi connectivity index (χ4n) is 4.36. The Balaban J connectivity index is 1.61. The van der Waals surface area contributed by atoms with Gasteiger partial charge in [0.1, 0.15) is 23.0 Å². The van der Waals surface area contributed by atoms with Crippen molar-refractivity contribution in [2.24, 2.45) is 0 Å². The van der Waals surface area contributed by atoms with Gasteiger partial charge in [0.2, 0.25) is 16.0 Å². The number of benzene rings is 1. The van der Waals surface area contributed by atoms with Crippen LogP contribution in [0.2, 0.25) is 0 Å². The molecule has 0 spiro atoms. The molecule has 0 radical (unpaired) electrons. The number of sulfonamides is 1. The third-order valence-corrected chi connectivity index (χ3v) is 8.84. The summed E-state index contributed by atoms with van der Waals surface area (Å²) in [6.45, 7) is 5.27. The van der Waals surface area contributed by atoms with E-state index in [1.165, 1.54) is 14.2 Å². The van der Waals surface area contributed by atoms with Crippen LogP contribution >= 0.6 is 0 Å². The molecule has 12 heteroatoms. The van der Waals surface area contributed by atoms with E-state index in [4.69, 9.17) is 9.47 Å². The largest absolute Gasteiger partial charge is 0.494 e. The zero-order chi connectivity index (χ0) is 27.7. The number of anilines is 1. The average molecular weight is 550 g/mol. The predicted molar refractivity (Wildman–Crippen MR) is 147 cm³/mol. The molecular weight excluding hydrogens is 518 g/mol. The molecule has 204 valence electrons. The molecule has 1 aliphatic rings. The number of nitrogens with one attached hydrogen (secondary N) is 1. The molecule has 0 bridgehead atoms. The summed E-state index contributed by atoms with van der Waals surface area (Å²) < 4.78 is 42.9. The normalized spacial score (nSPS) is 15.0. The van der Waals surface area contributed by atoms with Crippen LogP contribution < -0.4 is 14.2 Å². The average Bonchev–Trinajstić information content (AvgIpc) is 3.73. The lowest BCUT2D eigenvalue weighted by atomic mass is 10.1. The Morgan fingerprint density at radius 2 is 1.67 bits per heavy atom. The van der Waals surface area contributed by atoms with Crippen molar-refractivity contribution in [2.75, 3.05) is 18.9 Å². The minimum atomic E-state index is -3.97. The van der Waals surface area contributed by atoms with Crippen molar-refractivity contribution in [1.29, 1.82) is 0 Å². The quantitative estimate of drug-likeness (QED) is 0.308. The van der Waals surface area contributed by atoms with Crippen LogP contribution in [-0.4, -0.2) is 57.6 Å². The summed E-state index contributed by atoms with van der Waals surface area (Å²) >= 11 is 0. The number of nitrogens with zero attached hydrogens (tertiary/aromatic N) is 6. The second-order valence-electron chi connectivity index (χ2n) is 9.73. The Hall–Kier alpha value is -4.06. The van der Waals surface area contributed by atoms with E-state index in [-0.39, 0.29) is 5.95 Å². The molecule has 0 saturated heterocycles. The van der Waals surface area contributed by atoms with E-state index in [2.05, 4.69) is 29.9 Å². The van der Waals surface area contributed by atoms with Gasteiger partial charge in [0.05, 0.1) is 19.5 Å². The van der Waals surface area contributed by atoms with Gasteiger partial charge >= 0.3 is 0 Å². The summed E-state index contributed by atoms with van der Waals surface area (Å²) in [5.74, 6) is 1.72. The summed E-state index contributed by atoms with van der Waals surface area (Å²) in [6, 6.07) is 7.33. The van der Waals surface area contributed by atoms with Crippen LogP contribution in [-0.2, 0) is 10.0 Å². The lowest BCUT2D eigenvalue weighted by molar-refractivity contribution is 0.391. The molecule has 3 aromatic heterocycles. The Morgan fingerprint density at radius 3 is 2.28 bits per heavy atom. The zero-order valence-electron chi connectivity index (χ0n) is 22.5. The van der Waals surface area contributed by atoms with Crippen LogP contribution in [0, 0.1) is 6.92 Å². The van der Waals surface area contributed by atoms with Crippen LogP contribution in [0.15, 0.2) is 49.1 Å². The number of aryl methyl sites for hydroxylation is 1. The second-order valence-corrected chi connectivity index (χ2v) is 11.8. The lowest BCUT2D eigenvalue weighted by Gasteiger charge is -2.21. The molecule has 4 aromatic rings. The monoisotopic (exact) mass is 549 g/mol. The van der Waals surface area contributed by atoms with Crippen LogP contribution in [0.4, 0.5) is 5.95 Å². The van der Waals surface area contributed by atoms with Gasteiger partial charge in [-0.3, -0.25) is 14.3 Å². The number of aromatic nitrogens is 6. The van der Waals surface area contributed by atoms with Gasteiger partial charge in [-0.25, -0.2) is 18.4 Å². The topological polar surface area (TPSA) is 134 Å². The number of para-hydroxylation sites is 1. The first-order valence-corrected chi connectivity index (χ1v) is 14.2. The Kier molecular flexibility index (Phi) is 7.21. The summed E-state index contributed by atoms with van der Waals surface area (Å²) in [7, 11) is -0.903. The van der Waals surface area contributed by atoms with Crippen LogP contribution in [0.25, 0.3) is 17.1 Å². The Morgan fingerprint density at radius 1 is 1.00 bits per heavy atom. The maximum absolute atomic E-state index is 13.6. The summed E-state index contributed by atoms with van der Waals surface area (Å²) in [5, 5.41) is 7.79. The van der Waals surface area contributed by atoms with E-state index >= 15 is 0 Å². The molecule has 11 nitrogen and oxygen atoms in total. The molecule has 1 fully saturated rings. The molecule has 2 atom stereocenters. The number of pyridine rings is 1. The van der Waals surface area contributed by atoms with Gasteiger partial charge in [-0.1, -0.05) is 13.0 Å². The van der Waals surface area contributed by atoms with Gasteiger partial charge in [0, 0.05) is 36.3 Å². The van der Waals surface area contributed by atoms with E-state index in [1.54, 1.807) is 55.2 Å². The minimum Gasteiger partial charge on any atom is -0.494 e. The molecule has 2 unspecified atom stereocenters. The standard InChI is InChI=1S/C27H31N7O4S/c1-16-12-29-25(30-13-16)17(2)18(3)39(35,36)33-27-32-31-26(21-11-20(14-28-15-21)19-9-10-19)34(27)24-22(37-4)7-6-8-23(24)38-5/h6-8,11-15,17-19H,9-10H2,1-5H3,(H,32,33). The Labute approximate surface area is 227 Å². The van der Waals surface area contributed by atoms with Crippen molar-refractivity contribution in [3.8, 4) is 28.6 Å². The van der Waals surface area contributed by atoms with E-state index in [0.29, 0.717) is 40.3 Å². The number of hydrogen-bond acceptors (Lipinski definition) is 9. The summed E-state index contributed by atoms with van der Waals surface area (Å²) in [6.07, 6.45) is 9.11. The van der Waals surface area contributed by atoms with E-state index < -0.39 is 21.2 Å². The smallest absolute Gasteiger partial charge is 0.243 e. The molecule has 3 heterocycles. The van der Waals surface area contributed by atoms with Crippen LogP contribution in [0.1, 0.15) is 55.5 Å². The molecule has 1 aliphatic carbocycles. The van der Waals surface area contributed by atoms with Crippen molar-refractivity contribution < 1.29 is 17.9 Å². The first-order valence-electron chi connectivity index (χ1n) is 12.7. The molecule has 0 amide bonds. The third kappa shape index (κ3) is 5.29. The summed E-state index contributed by atoms with van der Waals surface area (Å²) in [5.41, 5.74) is 3.15. The number of ether oxygens (including phenoxy) is 2. The van der Waals surface area contributed by atoms with Crippen LogP contribution in [0.5, 0.6) is 11.5 Å². The molecule has 39 heavy (non-hydrogen) atoms. The van der Waals surface area contributed by atoms with Crippen LogP contribution in [0.3, 0.4) is 0 Å². The molecule has 1 aromatic carbocycles. The maximum atomic E-state index is 13.6. The fourth-order valence-corrected chi connectivity index (χ4v) is 5.59. The van der Waals surface area contributed by atoms with E-state index in [9.17, 15) is 8.42 Å². The van der Waals surface area contributed by atoms with E-state index in [0.717, 1.165) is 24.0 Å². The molecule has 5 rings (SSSR count). The van der Waals surface area contributed by atoms with Crippen molar-refractivity contribution >= 4 is 16.0 Å². The number of hydrogen-bond donors (Lipinski definition) is 1. The Bertz CT molecular complexity index is 1560. The predicted octanol–water partition coefficient (Wildman–Crippen LogP) is 4.26. The lowest BCUT2D eigenvalue weighted by Crippen LogP contribution is -2.31. The highest BCUT2D eigenvalue weighted by Gasteiger charge is 2.33. The highest BCUT2D eigenvalue weighted by molar-refractivity contribution is 7.93. The minimum absolute atomic E-state index is 0.00602.